The van der Waals surface area contributed by atoms with Crippen LogP contribution >= 0.6 is 23.5 Å². The molecule has 2 atom stereocenters. The molecule has 1 saturated heterocycles. The van der Waals surface area contributed by atoms with Crippen molar-refractivity contribution < 1.29 is 9.63 Å². The van der Waals surface area contributed by atoms with Crippen molar-refractivity contribution in [3.63, 3.8) is 0 Å². The fourth-order valence-electron chi connectivity index (χ4n) is 2.50. The highest BCUT2D eigenvalue weighted by Crippen LogP contribution is 2.33. The van der Waals surface area contributed by atoms with Gasteiger partial charge in [0.1, 0.15) is 0 Å². The van der Waals surface area contributed by atoms with Crippen molar-refractivity contribution in [2.45, 2.75) is 48.7 Å². The number of hydrogen-bond acceptors (Lipinski definition) is 6. The number of aromatic nitrogens is 2. The Labute approximate surface area is 115 Å². The Bertz CT molecular complexity index is 393. The van der Waals surface area contributed by atoms with Gasteiger partial charge in [-0.1, -0.05) is 18.0 Å². The molecule has 3 rings (SSSR count). The van der Waals surface area contributed by atoms with Gasteiger partial charge in [-0.2, -0.15) is 28.5 Å². The second kappa shape index (κ2) is 5.84. The van der Waals surface area contributed by atoms with E-state index in [0.717, 1.165) is 28.3 Å². The molecule has 0 bridgehead atoms. The van der Waals surface area contributed by atoms with Gasteiger partial charge in [0.15, 0.2) is 5.82 Å². The quantitative estimate of drug-likeness (QED) is 0.917. The third kappa shape index (κ3) is 2.86. The van der Waals surface area contributed by atoms with E-state index in [2.05, 4.69) is 10.1 Å². The summed E-state index contributed by atoms with van der Waals surface area (Å²) in [5.74, 6) is 3.94. The summed E-state index contributed by atoms with van der Waals surface area (Å²) in [5, 5.41) is 14.6. The SMILES string of the molecule is OC1CSCC1c1nc(CSC2CCCC2)no1. The van der Waals surface area contributed by atoms with Crippen LogP contribution in [0.3, 0.4) is 0 Å². The predicted molar refractivity (Wildman–Crippen MR) is 73.9 cm³/mol. The van der Waals surface area contributed by atoms with Crippen LogP contribution in [0, 0.1) is 0 Å². The average molecular weight is 286 g/mol. The Morgan fingerprint density at radius 2 is 2.17 bits per heavy atom. The van der Waals surface area contributed by atoms with Gasteiger partial charge in [0.2, 0.25) is 5.89 Å². The molecule has 1 N–H and O–H groups in total. The van der Waals surface area contributed by atoms with Crippen LogP contribution in [0.1, 0.15) is 43.3 Å². The van der Waals surface area contributed by atoms with Gasteiger partial charge in [0.25, 0.3) is 0 Å². The van der Waals surface area contributed by atoms with Gasteiger partial charge in [-0.05, 0) is 12.8 Å². The molecule has 1 saturated carbocycles. The summed E-state index contributed by atoms with van der Waals surface area (Å²) >= 11 is 3.69. The lowest BCUT2D eigenvalue weighted by molar-refractivity contribution is 0.164. The maximum absolute atomic E-state index is 9.80. The van der Waals surface area contributed by atoms with Crippen LogP contribution in [0.25, 0.3) is 0 Å². The molecule has 100 valence electrons. The number of aliphatic hydroxyl groups is 1. The molecule has 1 aromatic rings. The second-order valence-corrected chi connectivity index (χ2v) is 7.34. The molecule has 1 aromatic heterocycles. The van der Waals surface area contributed by atoms with Crippen molar-refractivity contribution in [3.8, 4) is 0 Å². The first kappa shape index (κ1) is 12.8. The van der Waals surface area contributed by atoms with Crippen LogP contribution in [-0.4, -0.2) is 38.1 Å². The number of aliphatic hydroxyl groups excluding tert-OH is 1. The lowest BCUT2D eigenvalue weighted by Crippen LogP contribution is -2.15. The smallest absolute Gasteiger partial charge is 0.233 e. The molecule has 18 heavy (non-hydrogen) atoms. The van der Waals surface area contributed by atoms with Crippen molar-refractivity contribution in [1.82, 2.24) is 10.1 Å². The molecule has 2 aliphatic rings. The Kier molecular flexibility index (Phi) is 4.16. The van der Waals surface area contributed by atoms with E-state index in [0.29, 0.717) is 5.89 Å². The first-order valence-electron chi connectivity index (χ1n) is 6.53. The van der Waals surface area contributed by atoms with Crippen LogP contribution in [0.4, 0.5) is 0 Å². The molecule has 2 fully saturated rings. The summed E-state index contributed by atoms with van der Waals surface area (Å²) in [5.41, 5.74) is 0. The minimum Gasteiger partial charge on any atom is -0.391 e. The zero-order valence-corrected chi connectivity index (χ0v) is 11.9. The summed E-state index contributed by atoms with van der Waals surface area (Å²) in [6.07, 6.45) is 5.05. The van der Waals surface area contributed by atoms with Gasteiger partial charge >= 0.3 is 0 Å². The summed E-state index contributed by atoms with van der Waals surface area (Å²) in [6.45, 7) is 0. The lowest BCUT2D eigenvalue weighted by atomic mass is 10.1. The highest BCUT2D eigenvalue weighted by molar-refractivity contribution is 7.99. The molecule has 1 aliphatic carbocycles. The Morgan fingerprint density at radius 1 is 1.33 bits per heavy atom. The van der Waals surface area contributed by atoms with Gasteiger partial charge in [-0.15, -0.1) is 0 Å². The van der Waals surface area contributed by atoms with E-state index in [-0.39, 0.29) is 12.0 Å². The maximum Gasteiger partial charge on any atom is 0.233 e. The first-order valence-corrected chi connectivity index (χ1v) is 8.73. The molecule has 0 spiro atoms. The van der Waals surface area contributed by atoms with Crippen LogP contribution < -0.4 is 0 Å². The second-order valence-electron chi connectivity index (χ2n) is 4.98. The highest BCUT2D eigenvalue weighted by atomic mass is 32.2. The monoisotopic (exact) mass is 286 g/mol. The number of rotatable bonds is 4. The van der Waals surface area contributed by atoms with Crippen LogP contribution in [0.15, 0.2) is 4.52 Å². The van der Waals surface area contributed by atoms with Crippen molar-refractivity contribution in [2.75, 3.05) is 11.5 Å². The maximum atomic E-state index is 9.80. The molecule has 0 radical (unpaired) electrons. The van der Waals surface area contributed by atoms with Crippen molar-refractivity contribution >= 4 is 23.5 Å². The minimum absolute atomic E-state index is 0.0349. The lowest BCUT2D eigenvalue weighted by Gasteiger charge is -2.07. The van der Waals surface area contributed by atoms with Crippen molar-refractivity contribution in [1.29, 1.82) is 0 Å². The Balaban J connectivity index is 1.55. The van der Waals surface area contributed by atoms with E-state index in [1.165, 1.54) is 25.7 Å². The van der Waals surface area contributed by atoms with E-state index in [9.17, 15) is 5.11 Å². The van der Waals surface area contributed by atoms with Gasteiger partial charge in [0, 0.05) is 16.8 Å². The van der Waals surface area contributed by atoms with Gasteiger partial charge in [-0.25, -0.2) is 0 Å². The fourth-order valence-corrected chi connectivity index (χ4v) is 4.90. The Morgan fingerprint density at radius 3 is 2.89 bits per heavy atom. The van der Waals surface area contributed by atoms with E-state index in [1.54, 1.807) is 11.8 Å². The highest BCUT2D eigenvalue weighted by Gasteiger charge is 2.32. The number of thioether (sulfide) groups is 2. The van der Waals surface area contributed by atoms with E-state index < -0.39 is 0 Å². The standard InChI is InChI=1S/C12H18N2O2S2/c15-10-6-17-5-9(10)12-13-11(14-16-12)7-18-8-3-1-2-4-8/h8-10,15H,1-7H2. The van der Waals surface area contributed by atoms with Crippen LogP contribution in [0.5, 0.6) is 0 Å². The number of nitrogens with zero attached hydrogens (tertiary/aromatic N) is 2. The molecule has 2 unspecified atom stereocenters. The van der Waals surface area contributed by atoms with Crippen molar-refractivity contribution in [3.05, 3.63) is 11.7 Å². The third-order valence-corrected chi connectivity index (χ3v) is 6.14. The third-order valence-electron chi connectivity index (χ3n) is 3.60. The van der Waals surface area contributed by atoms with Crippen LogP contribution in [0.2, 0.25) is 0 Å². The molecule has 2 heterocycles. The Hall–Kier alpha value is -0.200. The predicted octanol–water partition coefficient (Wildman–Crippen LogP) is 2.44. The minimum atomic E-state index is -0.328. The zero-order valence-electron chi connectivity index (χ0n) is 10.2. The van der Waals surface area contributed by atoms with Crippen molar-refractivity contribution in [2.24, 2.45) is 0 Å². The summed E-state index contributed by atoms with van der Waals surface area (Å²) in [4.78, 5) is 4.43. The molecular weight excluding hydrogens is 268 g/mol. The number of hydrogen-bond donors (Lipinski definition) is 1. The molecule has 4 nitrogen and oxygen atoms in total. The van der Waals surface area contributed by atoms with E-state index >= 15 is 0 Å². The fraction of sp³-hybridized carbons (Fsp3) is 0.833. The van der Waals surface area contributed by atoms with Crippen LogP contribution in [-0.2, 0) is 5.75 Å². The largest absolute Gasteiger partial charge is 0.391 e. The summed E-state index contributed by atoms with van der Waals surface area (Å²) in [6, 6.07) is 0. The van der Waals surface area contributed by atoms with E-state index in [1.807, 2.05) is 11.8 Å². The van der Waals surface area contributed by atoms with E-state index in [4.69, 9.17) is 4.52 Å². The molecule has 6 heteroatoms. The average Bonchev–Trinajstić information content (AvgIpc) is 3.07. The van der Waals surface area contributed by atoms with Gasteiger partial charge in [0.05, 0.1) is 17.8 Å². The summed E-state index contributed by atoms with van der Waals surface area (Å²) in [7, 11) is 0. The zero-order chi connectivity index (χ0) is 12.4. The molecule has 0 amide bonds. The summed E-state index contributed by atoms with van der Waals surface area (Å²) < 4.78 is 5.29. The van der Waals surface area contributed by atoms with Gasteiger partial charge < -0.3 is 9.63 Å². The van der Waals surface area contributed by atoms with Gasteiger partial charge in [-0.3, -0.25) is 0 Å². The molecule has 1 aliphatic heterocycles. The topological polar surface area (TPSA) is 59.2 Å². The molecule has 0 aromatic carbocycles. The normalized spacial score (nSPS) is 29.2. The first-order chi connectivity index (χ1) is 8.83. The molecular formula is C12H18N2O2S2.